The zero-order chi connectivity index (χ0) is 17.1. The number of carbonyl (C=O) groups is 2. The van der Waals surface area contributed by atoms with Gasteiger partial charge in [0.2, 0.25) is 0 Å². The second-order valence-electron chi connectivity index (χ2n) is 5.64. The number of aliphatic carboxylic acids is 1. The number of aromatic nitrogens is 2. The van der Waals surface area contributed by atoms with Crippen LogP contribution < -0.4 is 5.32 Å². The van der Waals surface area contributed by atoms with E-state index in [1.165, 1.54) is 11.1 Å². The lowest BCUT2D eigenvalue weighted by atomic mass is 10.1. The number of benzene rings is 1. The minimum atomic E-state index is -0.962. The predicted molar refractivity (Wildman–Crippen MR) is 87.5 cm³/mol. The van der Waals surface area contributed by atoms with Crippen LogP contribution in [0.4, 0.5) is 0 Å². The molecule has 124 valence electrons. The molecule has 0 saturated carbocycles. The average Bonchev–Trinajstić information content (AvgIpc) is 2.62. The van der Waals surface area contributed by atoms with Crippen LogP contribution in [0.2, 0.25) is 0 Å². The first kappa shape index (κ1) is 16.1. The van der Waals surface area contributed by atoms with Gasteiger partial charge in [-0.05, 0) is 6.92 Å². The van der Waals surface area contributed by atoms with E-state index < -0.39 is 12.0 Å². The molecule has 1 saturated heterocycles. The third-order valence-corrected chi connectivity index (χ3v) is 3.95. The Bertz CT molecular complexity index is 764. The lowest BCUT2D eigenvalue weighted by Crippen LogP contribution is -2.55. The molecule has 2 heterocycles. The molecule has 2 N–H and O–H groups in total. The molecule has 1 aliphatic heterocycles. The van der Waals surface area contributed by atoms with Gasteiger partial charge in [-0.2, -0.15) is 0 Å². The predicted octanol–water partition coefficient (Wildman–Crippen LogP) is 0.951. The summed E-state index contributed by atoms with van der Waals surface area (Å²) in [5.41, 5.74) is 1.78. The summed E-state index contributed by atoms with van der Waals surface area (Å²) in [7, 11) is 0. The van der Waals surface area contributed by atoms with Crippen molar-refractivity contribution in [3.8, 4) is 11.3 Å². The van der Waals surface area contributed by atoms with E-state index in [0.717, 1.165) is 5.56 Å². The second kappa shape index (κ2) is 6.76. The molecular formula is C17H18N4O3. The molecule has 0 unspecified atom stereocenters. The molecule has 1 amide bonds. The van der Waals surface area contributed by atoms with Gasteiger partial charge >= 0.3 is 5.97 Å². The van der Waals surface area contributed by atoms with E-state index in [1.54, 1.807) is 6.92 Å². The van der Waals surface area contributed by atoms with Crippen molar-refractivity contribution in [2.45, 2.75) is 13.0 Å². The Morgan fingerprint density at radius 1 is 1.29 bits per heavy atom. The summed E-state index contributed by atoms with van der Waals surface area (Å²) in [6.07, 6.45) is 1.52. The Labute approximate surface area is 139 Å². The highest BCUT2D eigenvalue weighted by molar-refractivity contribution is 6.00. The number of hydrogen-bond acceptors (Lipinski definition) is 5. The van der Waals surface area contributed by atoms with Gasteiger partial charge in [0.25, 0.3) is 5.91 Å². The van der Waals surface area contributed by atoms with Crippen molar-refractivity contribution in [2.24, 2.45) is 0 Å². The Balaban J connectivity index is 1.94. The van der Waals surface area contributed by atoms with Crippen LogP contribution >= 0.6 is 0 Å². The van der Waals surface area contributed by atoms with Crippen LogP contribution in [0.25, 0.3) is 11.3 Å². The molecule has 1 aromatic heterocycles. The topological polar surface area (TPSA) is 95.4 Å². The van der Waals surface area contributed by atoms with Gasteiger partial charge in [-0.15, -0.1) is 0 Å². The maximum Gasteiger partial charge on any atom is 0.322 e. The molecule has 2 aromatic rings. The zero-order valence-corrected chi connectivity index (χ0v) is 13.3. The molecule has 0 bridgehead atoms. The van der Waals surface area contributed by atoms with Gasteiger partial charge < -0.3 is 15.3 Å². The maximum atomic E-state index is 12.9. The van der Waals surface area contributed by atoms with Crippen molar-refractivity contribution in [3.63, 3.8) is 0 Å². The van der Waals surface area contributed by atoms with Gasteiger partial charge in [0.15, 0.2) is 0 Å². The first-order valence-electron chi connectivity index (χ1n) is 7.71. The number of amides is 1. The van der Waals surface area contributed by atoms with Gasteiger partial charge in [0.05, 0.1) is 11.3 Å². The molecule has 3 rings (SSSR count). The molecular weight excluding hydrogens is 308 g/mol. The van der Waals surface area contributed by atoms with E-state index in [4.69, 9.17) is 5.11 Å². The van der Waals surface area contributed by atoms with Gasteiger partial charge in [-0.25, -0.2) is 9.97 Å². The molecule has 0 spiro atoms. The first-order chi connectivity index (χ1) is 11.6. The summed E-state index contributed by atoms with van der Waals surface area (Å²) in [6, 6.07) is 8.67. The Morgan fingerprint density at radius 3 is 2.75 bits per heavy atom. The molecule has 7 nitrogen and oxygen atoms in total. The summed E-state index contributed by atoms with van der Waals surface area (Å²) in [4.78, 5) is 34.2. The lowest BCUT2D eigenvalue weighted by Gasteiger charge is -2.31. The van der Waals surface area contributed by atoms with Crippen LogP contribution in [0.15, 0.2) is 36.5 Å². The fourth-order valence-electron chi connectivity index (χ4n) is 2.71. The molecule has 1 aliphatic rings. The van der Waals surface area contributed by atoms with Crippen LogP contribution in [0.5, 0.6) is 0 Å². The van der Waals surface area contributed by atoms with E-state index >= 15 is 0 Å². The number of hydrogen-bond donors (Lipinski definition) is 2. The minimum Gasteiger partial charge on any atom is -0.480 e. The number of carboxylic acids is 1. The van der Waals surface area contributed by atoms with Crippen molar-refractivity contribution in [1.82, 2.24) is 20.2 Å². The highest BCUT2D eigenvalue weighted by Gasteiger charge is 2.29. The molecule has 7 heteroatoms. The van der Waals surface area contributed by atoms with E-state index in [2.05, 4.69) is 15.3 Å². The van der Waals surface area contributed by atoms with Gasteiger partial charge in [-0.1, -0.05) is 30.3 Å². The Hall–Kier alpha value is -2.80. The fraction of sp³-hybridized carbons (Fsp3) is 0.294. The van der Waals surface area contributed by atoms with E-state index in [1.807, 2.05) is 30.3 Å². The third-order valence-electron chi connectivity index (χ3n) is 3.95. The van der Waals surface area contributed by atoms with Crippen molar-refractivity contribution in [1.29, 1.82) is 0 Å². The number of piperazine rings is 1. The highest BCUT2D eigenvalue weighted by atomic mass is 16.4. The van der Waals surface area contributed by atoms with Crippen LogP contribution in [-0.4, -0.2) is 57.5 Å². The van der Waals surface area contributed by atoms with Crippen molar-refractivity contribution in [3.05, 3.63) is 47.9 Å². The molecule has 24 heavy (non-hydrogen) atoms. The number of nitrogens with one attached hydrogen (secondary N) is 1. The number of aryl methyl sites for hydroxylation is 1. The molecule has 0 aliphatic carbocycles. The summed E-state index contributed by atoms with van der Waals surface area (Å²) in [5.74, 6) is -0.633. The smallest absolute Gasteiger partial charge is 0.322 e. The van der Waals surface area contributed by atoms with Gasteiger partial charge in [-0.3, -0.25) is 9.59 Å². The van der Waals surface area contributed by atoms with E-state index in [0.29, 0.717) is 30.2 Å². The monoisotopic (exact) mass is 326 g/mol. The summed E-state index contributed by atoms with van der Waals surface area (Å²) in [6.45, 7) is 2.78. The van der Waals surface area contributed by atoms with Gasteiger partial charge in [0.1, 0.15) is 11.9 Å². The Kier molecular flexibility index (Phi) is 4.52. The molecule has 0 radical (unpaired) electrons. The third kappa shape index (κ3) is 3.26. The second-order valence-corrected chi connectivity index (χ2v) is 5.64. The lowest BCUT2D eigenvalue weighted by molar-refractivity contribution is -0.140. The van der Waals surface area contributed by atoms with Crippen LogP contribution in [0.1, 0.15) is 16.2 Å². The largest absolute Gasteiger partial charge is 0.480 e. The average molecular weight is 326 g/mol. The number of carbonyl (C=O) groups excluding carboxylic acids is 1. The van der Waals surface area contributed by atoms with Crippen molar-refractivity contribution >= 4 is 11.9 Å². The standard InChI is InChI=1S/C17H18N4O3/c1-11-19-9-13(15(20-11)12-5-3-2-4-6-12)16(22)21-8-7-18-14(10-21)17(23)24/h2-6,9,14,18H,7-8,10H2,1H3,(H,23,24)/t14-/m0/s1. The zero-order valence-electron chi connectivity index (χ0n) is 13.3. The van der Waals surface area contributed by atoms with E-state index in [9.17, 15) is 9.59 Å². The summed E-state index contributed by atoms with van der Waals surface area (Å²) < 4.78 is 0. The maximum absolute atomic E-state index is 12.9. The van der Waals surface area contributed by atoms with Crippen LogP contribution in [0.3, 0.4) is 0 Å². The minimum absolute atomic E-state index is 0.121. The first-order valence-corrected chi connectivity index (χ1v) is 7.71. The summed E-state index contributed by atoms with van der Waals surface area (Å²) in [5, 5.41) is 12.0. The molecule has 1 aromatic carbocycles. The van der Waals surface area contributed by atoms with Crippen LogP contribution in [0, 0.1) is 6.92 Å². The number of carboxylic acid groups (broad SMARTS) is 1. The van der Waals surface area contributed by atoms with Crippen LogP contribution in [-0.2, 0) is 4.79 Å². The molecule has 1 fully saturated rings. The van der Waals surface area contributed by atoms with E-state index in [-0.39, 0.29) is 12.5 Å². The fourth-order valence-corrected chi connectivity index (χ4v) is 2.71. The van der Waals surface area contributed by atoms with Crippen molar-refractivity contribution < 1.29 is 14.7 Å². The quantitative estimate of drug-likeness (QED) is 0.872. The summed E-state index contributed by atoms with van der Waals surface area (Å²) >= 11 is 0. The highest BCUT2D eigenvalue weighted by Crippen LogP contribution is 2.22. The SMILES string of the molecule is Cc1ncc(C(=O)N2CCN[C@H](C(=O)O)C2)c(-c2ccccc2)n1. The number of rotatable bonds is 3. The van der Waals surface area contributed by atoms with Crippen molar-refractivity contribution in [2.75, 3.05) is 19.6 Å². The normalized spacial score (nSPS) is 17.5. The van der Waals surface area contributed by atoms with Gasteiger partial charge in [0, 0.05) is 31.4 Å². The Morgan fingerprint density at radius 2 is 2.04 bits per heavy atom. The molecule has 1 atom stereocenters. The number of nitrogens with zero attached hydrogens (tertiary/aromatic N) is 3.